The Labute approximate surface area is 112 Å². The van der Waals surface area contributed by atoms with Gasteiger partial charge in [-0.25, -0.2) is 5.09 Å². The van der Waals surface area contributed by atoms with Crippen LogP contribution < -0.4 is 9.61 Å². The SMILES string of the molecule is CCOC(=O)[C@H](C)N[P@@](=O)(CO)Oc1ccccc1. The quantitative estimate of drug-likeness (QED) is 0.587. The average molecular weight is 287 g/mol. The van der Waals surface area contributed by atoms with Crippen molar-refractivity contribution in [2.45, 2.75) is 19.9 Å². The monoisotopic (exact) mass is 287 g/mol. The summed E-state index contributed by atoms with van der Waals surface area (Å²) in [5.74, 6) is -0.198. The third-order valence-corrected chi connectivity index (χ3v) is 3.87. The van der Waals surface area contributed by atoms with Gasteiger partial charge in [0.1, 0.15) is 18.1 Å². The first-order chi connectivity index (χ1) is 9.00. The molecule has 0 fully saturated rings. The van der Waals surface area contributed by atoms with E-state index >= 15 is 0 Å². The molecule has 0 heterocycles. The van der Waals surface area contributed by atoms with Gasteiger partial charge in [-0.2, -0.15) is 0 Å². The van der Waals surface area contributed by atoms with Crippen LogP contribution in [0.4, 0.5) is 0 Å². The van der Waals surface area contributed by atoms with E-state index in [1.807, 2.05) is 0 Å². The van der Waals surface area contributed by atoms with Gasteiger partial charge >= 0.3 is 13.5 Å². The first-order valence-corrected chi connectivity index (χ1v) is 7.70. The van der Waals surface area contributed by atoms with Crippen LogP contribution in [0.15, 0.2) is 30.3 Å². The maximum atomic E-state index is 12.3. The van der Waals surface area contributed by atoms with Crippen LogP contribution in [0.3, 0.4) is 0 Å². The van der Waals surface area contributed by atoms with Crippen LogP contribution in [0.5, 0.6) is 5.75 Å². The predicted octanol–water partition coefficient (Wildman–Crippen LogP) is 1.75. The second-order valence-corrected chi connectivity index (χ2v) is 5.89. The molecule has 0 aromatic heterocycles. The van der Waals surface area contributed by atoms with Crippen molar-refractivity contribution >= 4 is 13.5 Å². The molecule has 0 amide bonds. The number of esters is 1. The lowest BCUT2D eigenvalue weighted by Gasteiger charge is -2.21. The summed E-state index contributed by atoms with van der Waals surface area (Å²) < 4.78 is 22.3. The number of benzene rings is 1. The van der Waals surface area contributed by atoms with Crippen molar-refractivity contribution in [1.82, 2.24) is 5.09 Å². The molecule has 0 spiro atoms. The summed E-state index contributed by atoms with van der Waals surface area (Å²) in [6, 6.07) is 7.60. The van der Waals surface area contributed by atoms with Crippen molar-refractivity contribution in [2.24, 2.45) is 0 Å². The average Bonchev–Trinajstić information content (AvgIpc) is 2.40. The van der Waals surface area contributed by atoms with E-state index in [9.17, 15) is 14.5 Å². The zero-order valence-electron chi connectivity index (χ0n) is 10.9. The predicted molar refractivity (Wildman–Crippen MR) is 71.0 cm³/mol. The van der Waals surface area contributed by atoms with E-state index in [4.69, 9.17) is 9.26 Å². The summed E-state index contributed by atoms with van der Waals surface area (Å²) in [7, 11) is -3.55. The topological polar surface area (TPSA) is 84.9 Å². The number of hydrogen-bond donors (Lipinski definition) is 2. The highest BCUT2D eigenvalue weighted by atomic mass is 31.2. The number of rotatable bonds is 7. The van der Waals surface area contributed by atoms with Gasteiger partial charge in [-0.3, -0.25) is 9.36 Å². The fraction of sp³-hybridized carbons (Fsp3) is 0.417. The van der Waals surface area contributed by atoms with E-state index in [1.165, 1.54) is 6.92 Å². The normalized spacial score (nSPS) is 15.3. The highest BCUT2D eigenvalue weighted by molar-refractivity contribution is 7.57. The van der Waals surface area contributed by atoms with Gasteiger partial charge in [-0.15, -0.1) is 0 Å². The minimum absolute atomic E-state index is 0.230. The molecular formula is C12H18NO5P. The van der Waals surface area contributed by atoms with Gasteiger partial charge in [-0.1, -0.05) is 18.2 Å². The molecule has 19 heavy (non-hydrogen) atoms. The molecule has 1 aromatic carbocycles. The minimum Gasteiger partial charge on any atom is -0.465 e. The molecule has 0 aliphatic carbocycles. The third kappa shape index (κ3) is 5.03. The number of ether oxygens (including phenoxy) is 1. The number of nitrogens with one attached hydrogen (secondary N) is 1. The lowest BCUT2D eigenvalue weighted by atomic mass is 10.3. The highest BCUT2D eigenvalue weighted by Gasteiger charge is 2.29. The lowest BCUT2D eigenvalue weighted by molar-refractivity contribution is -0.144. The molecule has 0 unspecified atom stereocenters. The zero-order chi connectivity index (χ0) is 14.3. The maximum absolute atomic E-state index is 12.3. The summed E-state index contributed by atoms with van der Waals surface area (Å²) in [5.41, 5.74) is 0. The molecule has 0 saturated carbocycles. The molecule has 2 atom stereocenters. The van der Waals surface area contributed by atoms with Crippen LogP contribution in [0.2, 0.25) is 0 Å². The molecule has 6 nitrogen and oxygen atoms in total. The van der Waals surface area contributed by atoms with Crippen molar-refractivity contribution in [1.29, 1.82) is 0 Å². The van der Waals surface area contributed by atoms with E-state index in [-0.39, 0.29) is 6.61 Å². The molecule has 0 aliphatic heterocycles. The van der Waals surface area contributed by atoms with Crippen molar-refractivity contribution in [2.75, 3.05) is 13.0 Å². The summed E-state index contributed by atoms with van der Waals surface area (Å²) >= 11 is 0. The Balaban J connectivity index is 2.70. The van der Waals surface area contributed by atoms with Crippen molar-refractivity contribution in [3.05, 3.63) is 30.3 Å². The molecule has 2 N–H and O–H groups in total. The van der Waals surface area contributed by atoms with E-state index in [0.717, 1.165) is 0 Å². The Morgan fingerprint density at radius 2 is 2.05 bits per heavy atom. The van der Waals surface area contributed by atoms with Gasteiger partial charge in [0.05, 0.1) is 6.61 Å². The molecule has 7 heteroatoms. The van der Waals surface area contributed by atoms with Crippen LogP contribution >= 0.6 is 7.52 Å². The molecule has 0 aliphatic rings. The van der Waals surface area contributed by atoms with Gasteiger partial charge in [-0.05, 0) is 26.0 Å². The second kappa shape index (κ2) is 7.28. The number of para-hydroxylation sites is 1. The van der Waals surface area contributed by atoms with Crippen molar-refractivity contribution in [3.8, 4) is 5.75 Å². The highest BCUT2D eigenvalue weighted by Crippen LogP contribution is 2.42. The van der Waals surface area contributed by atoms with Crippen molar-refractivity contribution < 1.29 is 23.7 Å². The molecular weight excluding hydrogens is 269 g/mol. The third-order valence-electron chi connectivity index (χ3n) is 2.21. The van der Waals surface area contributed by atoms with Crippen molar-refractivity contribution in [3.63, 3.8) is 0 Å². The van der Waals surface area contributed by atoms with Gasteiger partial charge in [0.15, 0.2) is 0 Å². The van der Waals surface area contributed by atoms with E-state index in [2.05, 4.69) is 5.09 Å². The molecule has 1 aromatic rings. The largest absolute Gasteiger partial charge is 0.465 e. The van der Waals surface area contributed by atoms with E-state index in [0.29, 0.717) is 5.75 Å². The second-order valence-electron chi connectivity index (χ2n) is 3.82. The Morgan fingerprint density at radius 1 is 1.42 bits per heavy atom. The fourth-order valence-electron chi connectivity index (χ4n) is 1.36. The fourth-order valence-corrected chi connectivity index (χ4v) is 2.71. The standard InChI is InChI=1S/C12H18NO5P/c1-3-17-12(15)10(2)13-19(16,9-14)18-11-7-5-4-6-8-11/h4-8,10,14H,3,9H2,1-2H3,(H,13,16)/t10-,19+/m0/s1. The van der Waals surface area contributed by atoms with Crippen LogP contribution in [0.1, 0.15) is 13.8 Å². The van der Waals surface area contributed by atoms with Crippen LogP contribution in [-0.4, -0.2) is 30.1 Å². The zero-order valence-corrected chi connectivity index (χ0v) is 11.8. The Morgan fingerprint density at radius 3 is 2.58 bits per heavy atom. The molecule has 1 rings (SSSR count). The van der Waals surface area contributed by atoms with Crippen LogP contribution in [0.25, 0.3) is 0 Å². The smallest absolute Gasteiger partial charge is 0.342 e. The summed E-state index contributed by atoms with van der Waals surface area (Å²) in [6.07, 6.45) is -0.717. The van der Waals surface area contributed by atoms with E-state index < -0.39 is 25.9 Å². The van der Waals surface area contributed by atoms with Crippen LogP contribution in [-0.2, 0) is 14.1 Å². The lowest BCUT2D eigenvalue weighted by Crippen LogP contribution is -2.35. The van der Waals surface area contributed by atoms with Gasteiger partial charge in [0.25, 0.3) is 0 Å². The number of aliphatic hydroxyl groups is 1. The van der Waals surface area contributed by atoms with Gasteiger partial charge in [0, 0.05) is 0 Å². The maximum Gasteiger partial charge on any atom is 0.342 e. The van der Waals surface area contributed by atoms with Gasteiger partial charge in [0.2, 0.25) is 0 Å². The summed E-state index contributed by atoms with van der Waals surface area (Å²) in [4.78, 5) is 11.4. The first kappa shape index (κ1) is 15.7. The van der Waals surface area contributed by atoms with E-state index in [1.54, 1.807) is 37.3 Å². The summed E-state index contributed by atoms with van der Waals surface area (Å²) in [5, 5.41) is 11.7. The Hall–Kier alpha value is -1.36. The molecule has 106 valence electrons. The molecule has 0 bridgehead atoms. The number of aliphatic hydroxyl groups excluding tert-OH is 1. The number of carbonyl (C=O) groups excluding carboxylic acids is 1. The summed E-state index contributed by atoms with van der Waals surface area (Å²) in [6.45, 7) is 3.40. The Bertz CT molecular complexity index is 451. The first-order valence-electron chi connectivity index (χ1n) is 5.89. The minimum atomic E-state index is -3.55. The number of hydrogen-bond acceptors (Lipinski definition) is 5. The Kier molecular flexibility index (Phi) is 6.02. The van der Waals surface area contributed by atoms with Crippen LogP contribution in [0, 0.1) is 0 Å². The molecule has 0 radical (unpaired) electrons. The number of carbonyl (C=O) groups is 1. The van der Waals surface area contributed by atoms with Gasteiger partial charge < -0.3 is 14.4 Å². The molecule has 0 saturated heterocycles.